The second kappa shape index (κ2) is 15.2. The van der Waals surface area contributed by atoms with Crippen molar-refractivity contribution < 1.29 is 18.0 Å². The fourth-order valence-electron chi connectivity index (χ4n) is 7.14. The topological polar surface area (TPSA) is 119 Å². The molecule has 10 nitrogen and oxygen atoms in total. The number of anilines is 1. The van der Waals surface area contributed by atoms with Gasteiger partial charge in [0, 0.05) is 37.4 Å². The first-order valence-electron chi connectivity index (χ1n) is 17.7. The SMILES string of the molecule is CN(C)[C@@H](C(=O)N1CCC[C@H]1c1ncc(-c2ccc(-c3ccc(C(=O)Nc4ccc(CN5CCS(=O)(=O)CC5)cc4)cc3)cc2)[nH]1)c1ccccc1. The third kappa shape index (κ3) is 8.02. The van der Waals surface area contributed by atoms with E-state index in [9.17, 15) is 18.0 Å². The van der Waals surface area contributed by atoms with Gasteiger partial charge in [-0.15, -0.1) is 0 Å². The summed E-state index contributed by atoms with van der Waals surface area (Å²) < 4.78 is 23.4. The summed E-state index contributed by atoms with van der Waals surface area (Å²) >= 11 is 0. The van der Waals surface area contributed by atoms with Crippen molar-refractivity contribution >= 4 is 27.3 Å². The Hall–Kier alpha value is -5.10. The number of imidazole rings is 1. The van der Waals surface area contributed by atoms with Gasteiger partial charge in [-0.25, -0.2) is 13.4 Å². The maximum atomic E-state index is 13.8. The highest BCUT2D eigenvalue weighted by Crippen LogP contribution is 2.35. The Kier molecular flexibility index (Phi) is 10.4. The summed E-state index contributed by atoms with van der Waals surface area (Å²) in [6.07, 6.45) is 3.64. The molecule has 0 saturated carbocycles. The highest BCUT2D eigenvalue weighted by atomic mass is 32.2. The van der Waals surface area contributed by atoms with E-state index >= 15 is 0 Å². The Balaban J connectivity index is 0.957. The number of hydrogen-bond donors (Lipinski definition) is 2. The molecule has 268 valence electrons. The van der Waals surface area contributed by atoms with Gasteiger partial charge in [0.05, 0.1) is 29.4 Å². The van der Waals surface area contributed by atoms with E-state index in [0.29, 0.717) is 37.4 Å². The summed E-state index contributed by atoms with van der Waals surface area (Å²) in [4.78, 5) is 41.2. The van der Waals surface area contributed by atoms with E-state index < -0.39 is 9.84 Å². The monoisotopic (exact) mass is 716 g/mol. The number of rotatable bonds is 10. The predicted octanol–water partition coefficient (Wildman–Crippen LogP) is 6.19. The van der Waals surface area contributed by atoms with Crippen LogP contribution < -0.4 is 5.32 Å². The van der Waals surface area contributed by atoms with Crippen molar-refractivity contribution in [3.63, 3.8) is 0 Å². The van der Waals surface area contributed by atoms with Gasteiger partial charge < -0.3 is 15.2 Å². The fourth-order valence-corrected chi connectivity index (χ4v) is 8.42. The van der Waals surface area contributed by atoms with Crippen LogP contribution in [0.4, 0.5) is 5.69 Å². The molecule has 0 unspecified atom stereocenters. The van der Waals surface area contributed by atoms with Crippen LogP contribution in [0.1, 0.15) is 52.2 Å². The molecular formula is C41H44N6O4S. The van der Waals surface area contributed by atoms with Crippen LogP contribution in [0.5, 0.6) is 0 Å². The van der Waals surface area contributed by atoms with Crippen molar-refractivity contribution in [2.75, 3.05) is 50.6 Å². The minimum absolute atomic E-state index is 0.0886. The normalized spacial score (nSPS) is 18.0. The number of hydrogen-bond acceptors (Lipinski definition) is 7. The van der Waals surface area contributed by atoms with E-state index in [1.807, 2.05) is 109 Å². The average molecular weight is 717 g/mol. The number of likely N-dealkylation sites (N-methyl/N-ethyl adjacent to an activating group) is 1. The maximum absolute atomic E-state index is 13.8. The van der Waals surface area contributed by atoms with E-state index in [1.54, 1.807) is 0 Å². The standard InChI is InChI=1S/C41H44N6O4S/c1-45(2)38(33-7-4-3-5-8-33)41(49)47-22-6-9-37(47)39-42-27-36(44-39)32-16-12-30(13-17-32)31-14-18-34(19-15-31)40(48)43-35-20-10-29(11-21-35)28-46-23-25-52(50,51)26-24-46/h3-5,7-8,10-21,27,37-38H,6,9,22-26,28H2,1-2H3,(H,42,44)(H,43,48)/t37-,38+/m0/s1. The lowest BCUT2D eigenvalue weighted by Gasteiger charge is -2.31. The number of benzene rings is 4. The van der Waals surface area contributed by atoms with Crippen LogP contribution in [-0.2, 0) is 21.2 Å². The molecule has 2 aliphatic rings. The highest BCUT2D eigenvalue weighted by Gasteiger charge is 2.37. The Morgan fingerprint density at radius 3 is 2.13 bits per heavy atom. The summed E-state index contributed by atoms with van der Waals surface area (Å²) in [7, 11) is 0.986. The molecule has 0 radical (unpaired) electrons. The third-order valence-corrected chi connectivity index (χ3v) is 11.7. The Morgan fingerprint density at radius 2 is 1.48 bits per heavy atom. The molecule has 2 saturated heterocycles. The van der Waals surface area contributed by atoms with Gasteiger partial charge >= 0.3 is 0 Å². The fraction of sp³-hybridized carbons (Fsp3) is 0.293. The van der Waals surface area contributed by atoms with Crippen LogP contribution in [0.3, 0.4) is 0 Å². The number of sulfone groups is 1. The molecule has 0 spiro atoms. The molecule has 7 rings (SSSR count). The number of nitrogens with one attached hydrogen (secondary N) is 2. The van der Waals surface area contributed by atoms with Gasteiger partial charge in [-0.3, -0.25) is 19.4 Å². The van der Waals surface area contributed by atoms with Crippen LogP contribution in [0.15, 0.2) is 109 Å². The molecule has 11 heteroatoms. The summed E-state index contributed by atoms with van der Waals surface area (Å²) in [6, 6.07) is 32.9. The second-order valence-corrected chi connectivity index (χ2v) is 16.2. The molecule has 4 aromatic carbocycles. The Morgan fingerprint density at radius 1 is 0.846 bits per heavy atom. The molecule has 3 heterocycles. The molecule has 2 fully saturated rings. The van der Waals surface area contributed by atoms with Gasteiger partial charge in [0.2, 0.25) is 5.91 Å². The third-order valence-electron chi connectivity index (χ3n) is 10.0. The van der Waals surface area contributed by atoms with Gasteiger partial charge in [-0.05, 0) is 79.0 Å². The number of likely N-dealkylation sites (tertiary alicyclic amines) is 1. The highest BCUT2D eigenvalue weighted by molar-refractivity contribution is 7.91. The number of carbonyl (C=O) groups is 2. The predicted molar refractivity (Wildman–Crippen MR) is 204 cm³/mol. The molecule has 5 aromatic rings. The minimum Gasteiger partial charge on any atom is -0.340 e. The quantitative estimate of drug-likeness (QED) is 0.177. The summed E-state index contributed by atoms with van der Waals surface area (Å²) in [6.45, 7) is 2.48. The van der Waals surface area contributed by atoms with Gasteiger partial charge in [0.25, 0.3) is 5.91 Å². The number of aromatic amines is 1. The number of carbonyl (C=O) groups excluding carboxylic acids is 2. The van der Waals surface area contributed by atoms with Gasteiger partial charge in [0.15, 0.2) is 9.84 Å². The largest absolute Gasteiger partial charge is 0.340 e. The van der Waals surface area contributed by atoms with Crippen LogP contribution >= 0.6 is 0 Å². The molecule has 2 atom stereocenters. The van der Waals surface area contributed by atoms with E-state index in [4.69, 9.17) is 4.98 Å². The smallest absolute Gasteiger partial charge is 0.255 e. The molecule has 2 amide bonds. The molecule has 0 bridgehead atoms. The van der Waals surface area contributed by atoms with Crippen LogP contribution in [0.2, 0.25) is 0 Å². The van der Waals surface area contributed by atoms with Crippen molar-refractivity contribution in [3.05, 3.63) is 132 Å². The average Bonchev–Trinajstić information content (AvgIpc) is 3.85. The van der Waals surface area contributed by atoms with E-state index in [0.717, 1.165) is 52.2 Å². The zero-order chi connectivity index (χ0) is 36.2. The van der Waals surface area contributed by atoms with Gasteiger partial charge in [-0.1, -0.05) is 78.9 Å². The first kappa shape index (κ1) is 35.3. The van der Waals surface area contributed by atoms with E-state index in [1.165, 1.54) is 0 Å². The van der Waals surface area contributed by atoms with E-state index in [2.05, 4.69) is 39.5 Å². The van der Waals surface area contributed by atoms with Crippen molar-refractivity contribution in [3.8, 4) is 22.4 Å². The molecular weight excluding hydrogens is 673 g/mol. The molecule has 2 N–H and O–H groups in total. The van der Waals surface area contributed by atoms with Crippen LogP contribution in [0.25, 0.3) is 22.4 Å². The number of nitrogens with zero attached hydrogens (tertiary/aromatic N) is 4. The molecule has 2 aliphatic heterocycles. The van der Waals surface area contributed by atoms with Crippen molar-refractivity contribution in [2.24, 2.45) is 0 Å². The van der Waals surface area contributed by atoms with Crippen LogP contribution in [0, 0.1) is 0 Å². The first-order valence-corrected chi connectivity index (χ1v) is 19.6. The summed E-state index contributed by atoms with van der Waals surface area (Å²) in [5.74, 6) is 1.11. The van der Waals surface area contributed by atoms with E-state index in [-0.39, 0.29) is 35.4 Å². The summed E-state index contributed by atoms with van der Waals surface area (Å²) in [5, 5.41) is 2.97. The van der Waals surface area contributed by atoms with Crippen molar-refractivity contribution in [2.45, 2.75) is 31.5 Å². The second-order valence-electron chi connectivity index (χ2n) is 13.9. The van der Waals surface area contributed by atoms with Gasteiger partial charge in [0.1, 0.15) is 11.9 Å². The minimum atomic E-state index is -2.90. The number of aromatic nitrogens is 2. The lowest BCUT2D eigenvalue weighted by molar-refractivity contribution is -0.137. The maximum Gasteiger partial charge on any atom is 0.255 e. The van der Waals surface area contributed by atoms with Crippen molar-refractivity contribution in [1.29, 1.82) is 0 Å². The van der Waals surface area contributed by atoms with Crippen LogP contribution in [-0.4, -0.2) is 90.1 Å². The van der Waals surface area contributed by atoms with Gasteiger partial charge in [-0.2, -0.15) is 0 Å². The number of H-pyrrole nitrogens is 1. The first-order chi connectivity index (χ1) is 25.1. The lowest BCUT2D eigenvalue weighted by atomic mass is 10.0. The molecule has 0 aliphatic carbocycles. The summed E-state index contributed by atoms with van der Waals surface area (Å²) in [5.41, 5.74) is 7.24. The Labute approximate surface area is 305 Å². The zero-order valence-electron chi connectivity index (χ0n) is 29.5. The zero-order valence-corrected chi connectivity index (χ0v) is 30.4. The Bertz CT molecular complexity index is 2100. The number of amides is 2. The lowest BCUT2D eigenvalue weighted by Crippen LogP contribution is -2.40. The molecule has 52 heavy (non-hydrogen) atoms. The molecule has 1 aromatic heterocycles. The van der Waals surface area contributed by atoms with Crippen molar-refractivity contribution in [1.82, 2.24) is 24.7 Å².